The summed E-state index contributed by atoms with van der Waals surface area (Å²) in [5.41, 5.74) is 2.23. The Morgan fingerprint density at radius 3 is 0.957 bits per heavy atom. The van der Waals surface area contributed by atoms with Crippen LogP contribution in [0.5, 0.6) is 0 Å². The molecule has 2 aliphatic rings. The highest BCUT2D eigenvalue weighted by atomic mass is 16.2. The van der Waals surface area contributed by atoms with Gasteiger partial charge in [0.1, 0.15) is 0 Å². The largest absolute Gasteiger partial charge is 0.274 e. The van der Waals surface area contributed by atoms with E-state index in [9.17, 15) is 19.2 Å². The quantitative estimate of drug-likeness (QED) is 0.0605. The van der Waals surface area contributed by atoms with Crippen LogP contribution in [0.3, 0.4) is 0 Å². The number of hydrogen-bond acceptors (Lipinski definition) is 4. The summed E-state index contributed by atoms with van der Waals surface area (Å²) in [6.45, 7) is 9.19. The highest BCUT2D eigenvalue weighted by Gasteiger charge is 2.36. The fraction of sp³-hybridized carbons (Fsp3) is 0.400. The van der Waals surface area contributed by atoms with Crippen molar-refractivity contribution in [3.63, 3.8) is 0 Å². The van der Waals surface area contributed by atoms with Crippen molar-refractivity contribution in [2.24, 2.45) is 0 Å². The van der Waals surface area contributed by atoms with Crippen LogP contribution in [0, 0.1) is 0 Å². The third-order valence-corrected chi connectivity index (χ3v) is 9.77. The van der Waals surface area contributed by atoms with E-state index < -0.39 is 0 Å². The monoisotopic (exact) mass is 616 g/mol. The highest BCUT2D eigenvalue weighted by Crippen LogP contribution is 2.46. The van der Waals surface area contributed by atoms with Gasteiger partial charge >= 0.3 is 0 Å². The van der Waals surface area contributed by atoms with E-state index in [4.69, 9.17) is 0 Å². The molecule has 2 aliphatic heterocycles. The van der Waals surface area contributed by atoms with E-state index in [0.717, 1.165) is 96.5 Å². The van der Waals surface area contributed by atoms with Gasteiger partial charge in [0.05, 0.1) is 0 Å². The smallest absolute Gasteiger partial charge is 0.261 e. The van der Waals surface area contributed by atoms with Gasteiger partial charge in [-0.2, -0.15) is 0 Å². The Hall–Kier alpha value is -4.32. The van der Waals surface area contributed by atoms with Crippen LogP contribution < -0.4 is 0 Å². The molecular formula is C40H44N2O4. The Morgan fingerprint density at radius 1 is 0.391 bits per heavy atom. The Morgan fingerprint density at radius 2 is 0.674 bits per heavy atom. The zero-order valence-electron chi connectivity index (χ0n) is 27.6. The molecule has 4 amide bonds. The topological polar surface area (TPSA) is 74.8 Å². The van der Waals surface area contributed by atoms with Gasteiger partial charge in [0.25, 0.3) is 23.6 Å². The van der Waals surface area contributed by atoms with Crippen LogP contribution >= 0.6 is 0 Å². The van der Waals surface area contributed by atoms with E-state index >= 15 is 0 Å². The summed E-state index contributed by atoms with van der Waals surface area (Å²) < 4.78 is 0. The molecule has 0 N–H and O–H groups in total. The Kier molecular flexibility index (Phi) is 9.08. The molecule has 0 aliphatic carbocycles. The summed E-state index contributed by atoms with van der Waals surface area (Å²) in [7, 11) is 0. The maximum absolute atomic E-state index is 13.7. The van der Waals surface area contributed by atoms with Crippen LogP contribution in [-0.2, 0) is 0 Å². The van der Waals surface area contributed by atoms with Crippen molar-refractivity contribution in [3.8, 4) is 0 Å². The summed E-state index contributed by atoms with van der Waals surface area (Å²) in [6.07, 6.45) is 10.4. The van der Waals surface area contributed by atoms with Gasteiger partial charge in [-0.3, -0.25) is 29.0 Å². The minimum atomic E-state index is -0.233. The number of amides is 4. The third kappa shape index (κ3) is 4.94. The average molecular weight is 617 g/mol. The number of unbranched alkanes of at least 4 members (excludes halogenated alkanes) is 8. The lowest BCUT2D eigenvalue weighted by Gasteiger charge is -2.30. The molecule has 0 fully saturated rings. The van der Waals surface area contributed by atoms with Gasteiger partial charge < -0.3 is 0 Å². The molecular weight excluding hydrogens is 572 g/mol. The summed E-state index contributed by atoms with van der Waals surface area (Å²) in [4.78, 5) is 57.6. The lowest BCUT2D eigenvalue weighted by molar-refractivity contribution is 0.0592. The molecule has 0 saturated heterocycles. The van der Waals surface area contributed by atoms with E-state index in [1.54, 1.807) is 0 Å². The molecule has 0 atom stereocenters. The number of carbonyl (C=O) groups excluding carboxylic acids is 4. The number of hydrogen-bond donors (Lipinski definition) is 0. The van der Waals surface area contributed by atoms with E-state index in [-0.39, 0.29) is 23.6 Å². The predicted molar refractivity (Wildman–Crippen MR) is 187 cm³/mol. The van der Waals surface area contributed by atoms with Crippen molar-refractivity contribution in [2.75, 3.05) is 13.1 Å². The second-order valence-electron chi connectivity index (χ2n) is 12.5. The normalized spacial score (nSPS) is 14.3. The van der Waals surface area contributed by atoms with Crippen molar-refractivity contribution < 1.29 is 19.2 Å². The summed E-state index contributed by atoms with van der Waals surface area (Å²) in [5.74, 6) is -0.931. The van der Waals surface area contributed by atoms with Gasteiger partial charge in [0.2, 0.25) is 0 Å². The zero-order valence-corrected chi connectivity index (χ0v) is 27.6. The van der Waals surface area contributed by atoms with Crippen LogP contribution in [0.15, 0.2) is 48.5 Å². The molecule has 6 heteroatoms. The molecule has 2 heterocycles. The van der Waals surface area contributed by atoms with Gasteiger partial charge in [-0.25, -0.2) is 0 Å². The molecule has 7 rings (SSSR count). The molecule has 6 nitrogen and oxygen atoms in total. The molecule has 0 saturated carbocycles. The molecule has 0 radical (unpaired) electrons. The number of nitrogens with zero attached hydrogens (tertiary/aromatic N) is 2. The molecule has 46 heavy (non-hydrogen) atoms. The molecule has 0 aromatic heterocycles. The fourth-order valence-electron chi connectivity index (χ4n) is 7.52. The minimum Gasteiger partial charge on any atom is -0.274 e. The average Bonchev–Trinajstić information content (AvgIpc) is 3.08. The van der Waals surface area contributed by atoms with Gasteiger partial charge in [-0.15, -0.1) is 0 Å². The third-order valence-electron chi connectivity index (χ3n) is 9.77. The second kappa shape index (κ2) is 13.2. The van der Waals surface area contributed by atoms with Gasteiger partial charge in [-0.1, -0.05) is 103 Å². The van der Waals surface area contributed by atoms with Crippen LogP contribution in [0.1, 0.15) is 133 Å². The minimum absolute atomic E-state index is 0.233. The number of carbonyl (C=O) groups is 4. The van der Waals surface area contributed by atoms with Crippen molar-refractivity contribution in [2.45, 2.75) is 91.9 Å². The number of rotatable bonds is 12. The van der Waals surface area contributed by atoms with Crippen LogP contribution in [0.2, 0.25) is 0 Å². The summed E-state index contributed by atoms with van der Waals surface area (Å²) in [6, 6.07) is 15.3. The van der Waals surface area contributed by atoms with Crippen molar-refractivity contribution in [1.29, 1.82) is 0 Å². The van der Waals surface area contributed by atoms with Crippen LogP contribution in [0.4, 0.5) is 0 Å². The van der Waals surface area contributed by atoms with E-state index in [1.807, 2.05) is 62.4 Å². The molecule has 5 aromatic rings. The first-order valence-corrected chi connectivity index (χ1v) is 17.4. The number of imide groups is 2. The maximum Gasteiger partial charge on any atom is 0.261 e. The molecule has 0 unspecified atom stereocenters. The van der Waals surface area contributed by atoms with Crippen LogP contribution in [-0.4, -0.2) is 46.5 Å². The van der Waals surface area contributed by atoms with E-state index in [0.29, 0.717) is 46.1 Å². The van der Waals surface area contributed by atoms with Gasteiger partial charge in [-0.05, 0) is 69.4 Å². The zero-order chi connectivity index (χ0) is 32.5. The first-order chi connectivity index (χ1) is 22.5. The maximum atomic E-state index is 13.7. The Balaban J connectivity index is 0.00000182. The van der Waals surface area contributed by atoms with E-state index in [1.165, 1.54) is 9.80 Å². The van der Waals surface area contributed by atoms with Crippen molar-refractivity contribution in [3.05, 3.63) is 70.8 Å². The van der Waals surface area contributed by atoms with E-state index in [2.05, 4.69) is 13.8 Å². The first kappa shape index (κ1) is 31.7. The van der Waals surface area contributed by atoms with Gasteiger partial charge in [0, 0.05) is 46.1 Å². The Labute approximate surface area is 271 Å². The SMILES string of the molecule is CC.CCCCCCCN1C(=O)c2ccc3c4ccc5c6c(ccc(c7ccc(c2c37)C1=O)c64)C(=O)N(CCCCCCC)C5=O. The number of benzene rings is 5. The first-order valence-electron chi connectivity index (χ1n) is 17.4. The van der Waals surface area contributed by atoms with Crippen molar-refractivity contribution in [1.82, 2.24) is 9.80 Å². The lowest BCUT2D eigenvalue weighted by atomic mass is 9.82. The molecule has 238 valence electrons. The Bertz CT molecular complexity index is 1730. The summed E-state index contributed by atoms with van der Waals surface area (Å²) >= 11 is 0. The van der Waals surface area contributed by atoms with Crippen molar-refractivity contribution >= 4 is 66.7 Å². The molecule has 0 bridgehead atoms. The lowest BCUT2D eigenvalue weighted by Crippen LogP contribution is -2.41. The van der Waals surface area contributed by atoms with Gasteiger partial charge in [0.15, 0.2) is 0 Å². The number of fused-ring (bicyclic) bond motifs is 2. The molecule has 5 aromatic carbocycles. The predicted octanol–water partition coefficient (Wildman–Crippen LogP) is 9.90. The fourth-order valence-corrected chi connectivity index (χ4v) is 7.52. The molecule has 0 spiro atoms. The standard InChI is InChI=1S/C38H38N2O4.C2H6/c1-3-5-7-9-11-21-39-35(41)27-17-13-23-25-15-19-29-34-30(38(44)40(37(29)43)22-12-10-8-6-4-2)20-16-26(32(25)34)24-14-18-28(36(39)42)33(27)31(23)24;1-2/h13-20H,3-12,21-22H2,1-2H3;1-2H3. The highest BCUT2D eigenvalue weighted by molar-refractivity contribution is 6.41. The summed E-state index contributed by atoms with van der Waals surface area (Å²) in [5, 5.41) is 6.87. The second-order valence-corrected chi connectivity index (χ2v) is 12.5. The van der Waals surface area contributed by atoms with Crippen LogP contribution in [0.25, 0.3) is 43.1 Å².